The van der Waals surface area contributed by atoms with Crippen molar-refractivity contribution >= 4 is 5.78 Å². The molecular weight excluding hydrogens is 266 g/mol. The van der Waals surface area contributed by atoms with Gasteiger partial charge >= 0.3 is 0 Å². The van der Waals surface area contributed by atoms with E-state index in [2.05, 4.69) is 10.1 Å². The molecule has 1 aliphatic carbocycles. The molecule has 1 saturated carbocycles. The zero-order valence-corrected chi connectivity index (χ0v) is 12.1. The first kappa shape index (κ1) is 13.9. The van der Waals surface area contributed by atoms with E-state index >= 15 is 0 Å². The van der Waals surface area contributed by atoms with Crippen LogP contribution < -0.4 is 5.73 Å². The van der Waals surface area contributed by atoms with Gasteiger partial charge in [-0.25, -0.2) is 0 Å². The fourth-order valence-corrected chi connectivity index (χ4v) is 2.79. The molecular formula is C16H19N3O2. The molecule has 1 heterocycles. The van der Waals surface area contributed by atoms with Crippen LogP contribution >= 0.6 is 0 Å². The van der Waals surface area contributed by atoms with Crippen LogP contribution in [0.4, 0.5) is 0 Å². The maximum absolute atomic E-state index is 11.2. The smallest absolute Gasteiger partial charge is 0.231 e. The fraction of sp³-hybridized carbons (Fsp3) is 0.438. The minimum Gasteiger partial charge on any atom is -0.339 e. The van der Waals surface area contributed by atoms with Crippen LogP contribution in [0.3, 0.4) is 0 Å². The maximum atomic E-state index is 11.2. The van der Waals surface area contributed by atoms with Crippen LogP contribution in [0.1, 0.15) is 60.2 Å². The Morgan fingerprint density at radius 2 is 1.95 bits per heavy atom. The molecule has 2 N–H and O–H groups in total. The first-order chi connectivity index (χ1) is 10.1. The lowest BCUT2D eigenvalue weighted by molar-refractivity contribution is 0.101. The molecule has 1 aromatic heterocycles. The molecule has 1 fully saturated rings. The number of nitrogens with zero attached hydrogens (tertiary/aromatic N) is 2. The van der Waals surface area contributed by atoms with Crippen molar-refractivity contribution < 1.29 is 9.32 Å². The van der Waals surface area contributed by atoms with E-state index in [1.54, 1.807) is 6.92 Å². The summed E-state index contributed by atoms with van der Waals surface area (Å²) in [5.74, 6) is 1.25. The standard InChI is InChI=1S/C16H19N3O2/c1-11(20)13-6-4-12(5-7-13)10-14-18-15(19-21-14)16(17)8-2-3-9-16/h4-7H,2-3,8-10,17H2,1H3. The number of benzene rings is 1. The molecule has 0 bridgehead atoms. The Hall–Kier alpha value is -2.01. The molecule has 110 valence electrons. The lowest BCUT2D eigenvalue weighted by Crippen LogP contribution is -2.34. The van der Waals surface area contributed by atoms with Crippen molar-refractivity contribution in [3.8, 4) is 0 Å². The first-order valence-corrected chi connectivity index (χ1v) is 7.29. The van der Waals surface area contributed by atoms with Crippen LogP contribution in [-0.2, 0) is 12.0 Å². The van der Waals surface area contributed by atoms with Gasteiger partial charge in [-0.2, -0.15) is 4.98 Å². The van der Waals surface area contributed by atoms with Gasteiger partial charge in [-0.15, -0.1) is 0 Å². The van der Waals surface area contributed by atoms with Gasteiger partial charge in [0.1, 0.15) is 0 Å². The molecule has 0 aliphatic heterocycles. The van der Waals surface area contributed by atoms with Gasteiger partial charge in [-0.3, -0.25) is 4.79 Å². The van der Waals surface area contributed by atoms with Crippen molar-refractivity contribution in [1.29, 1.82) is 0 Å². The van der Waals surface area contributed by atoms with Crippen molar-refractivity contribution in [2.45, 2.75) is 44.6 Å². The van der Waals surface area contributed by atoms with Crippen molar-refractivity contribution in [2.75, 3.05) is 0 Å². The normalized spacial score (nSPS) is 17.0. The molecule has 0 atom stereocenters. The number of Topliss-reactive ketones (excluding diaryl/α,β-unsaturated/α-hetero) is 1. The average molecular weight is 285 g/mol. The second-order valence-corrected chi connectivity index (χ2v) is 5.80. The van der Waals surface area contributed by atoms with Crippen molar-refractivity contribution in [2.24, 2.45) is 5.73 Å². The number of hydrogen-bond acceptors (Lipinski definition) is 5. The van der Waals surface area contributed by atoms with E-state index in [9.17, 15) is 4.79 Å². The highest BCUT2D eigenvalue weighted by Crippen LogP contribution is 2.34. The number of hydrogen-bond donors (Lipinski definition) is 1. The summed E-state index contributed by atoms with van der Waals surface area (Å²) in [6.45, 7) is 1.56. The zero-order chi connectivity index (χ0) is 14.9. The molecule has 5 nitrogen and oxygen atoms in total. The predicted molar refractivity (Wildman–Crippen MR) is 77.9 cm³/mol. The maximum Gasteiger partial charge on any atom is 0.231 e. The molecule has 3 rings (SSSR count). The van der Waals surface area contributed by atoms with E-state index < -0.39 is 5.54 Å². The van der Waals surface area contributed by atoms with Crippen LogP contribution in [0.5, 0.6) is 0 Å². The first-order valence-electron chi connectivity index (χ1n) is 7.29. The fourth-order valence-electron chi connectivity index (χ4n) is 2.79. The van der Waals surface area contributed by atoms with Crippen LogP contribution in [0.15, 0.2) is 28.8 Å². The highest BCUT2D eigenvalue weighted by molar-refractivity contribution is 5.94. The Labute approximate surface area is 123 Å². The Morgan fingerprint density at radius 1 is 1.29 bits per heavy atom. The predicted octanol–water partition coefficient (Wildman–Crippen LogP) is 2.59. The molecule has 0 radical (unpaired) electrons. The molecule has 0 spiro atoms. The topological polar surface area (TPSA) is 82.0 Å². The van der Waals surface area contributed by atoms with Gasteiger partial charge in [0, 0.05) is 5.56 Å². The highest BCUT2D eigenvalue weighted by atomic mass is 16.5. The summed E-state index contributed by atoms with van der Waals surface area (Å²) in [6, 6.07) is 7.45. The lowest BCUT2D eigenvalue weighted by atomic mass is 9.98. The van der Waals surface area contributed by atoms with E-state index in [1.165, 1.54) is 0 Å². The van der Waals surface area contributed by atoms with Gasteiger partial charge in [-0.1, -0.05) is 42.3 Å². The van der Waals surface area contributed by atoms with E-state index in [4.69, 9.17) is 10.3 Å². The third kappa shape index (κ3) is 2.88. The number of nitrogens with two attached hydrogens (primary N) is 1. The monoisotopic (exact) mass is 285 g/mol. The van der Waals surface area contributed by atoms with Crippen molar-refractivity contribution in [3.05, 3.63) is 47.1 Å². The van der Waals surface area contributed by atoms with E-state index in [-0.39, 0.29) is 5.78 Å². The van der Waals surface area contributed by atoms with Gasteiger partial charge in [0.15, 0.2) is 11.6 Å². The van der Waals surface area contributed by atoms with Gasteiger partial charge in [0.25, 0.3) is 0 Å². The summed E-state index contributed by atoms with van der Waals surface area (Å²) in [5.41, 5.74) is 7.64. The number of carbonyl (C=O) groups excluding carboxylic acids is 1. The number of ketones is 1. The highest BCUT2D eigenvalue weighted by Gasteiger charge is 2.35. The summed E-state index contributed by atoms with van der Waals surface area (Å²) in [7, 11) is 0. The molecule has 21 heavy (non-hydrogen) atoms. The van der Waals surface area contributed by atoms with Crippen LogP contribution in [-0.4, -0.2) is 15.9 Å². The van der Waals surface area contributed by atoms with Gasteiger partial charge < -0.3 is 10.3 Å². The minimum absolute atomic E-state index is 0.0629. The second kappa shape index (κ2) is 5.41. The van der Waals surface area contributed by atoms with Crippen LogP contribution in [0.25, 0.3) is 0 Å². The summed E-state index contributed by atoms with van der Waals surface area (Å²) >= 11 is 0. The Morgan fingerprint density at radius 3 is 2.57 bits per heavy atom. The average Bonchev–Trinajstić information content (AvgIpc) is 3.10. The molecule has 1 aromatic carbocycles. The summed E-state index contributed by atoms with van der Waals surface area (Å²) in [4.78, 5) is 15.7. The Balaban J connectivity index is 1.73. The molecule has 5 heteroatoms. The number of aromatic nitrogens is 2. The molecule has 0 saturated heterocycles. The quantitative estimate of drug-likeness (QED) is 0.873. The molecule has 0 amide bonds. The number of carbonyl (C=O) groups is 1. The molecule has 1 aliphatic rings. The van der Waals surface area contributed by atoms with Crippen LogP contribution in [0, 0.1) is 0 Å². The lowest BCUT2D eigenvalue weighted by Gasteiger charge is -2.17. The van der Waals surface area contributed by atoms with Gasteiger partial charge in [0.2, 0.25) is 5.89 Å². The van der Waals surface area contributed by atoms with Gasteiger partial charge in [-0.05, 0) is 25.3 Å². The third-order valence-electron chi connectivity index (χ3n) is 4.13. The van der Waals surface area contributed by atoms with Crippen molar-refractivity contribution in [1.82, 2.24) is 10.1 Å². The van der Waals surface area contributed by atoms with E-state index in [0.29, 0.717) is 23.7 Å². The van der Waals surface area contributed by atoms with Crippen LogP contribution in [0.2, 0.25) is 0 Å². The summed E-state index contributed by atoms with van der Waals surface area (Å²) < 4.78 is 5.32. The largest absolute Gasteiger partial charge is 0.339 e. The molecule has 2 aromatic rings. The Kier molecular flexibility index (Phi) is 3.59. The van der Waals surface area contributed by atoms with E-state index in [0.717, 1.165) is 31.2 Å². The summed E-state index contributed by atoms with van der Waals surface area (Å²) in [6.07, 6.45) is 4.62. The SMILES string of the molecule is CC(=O)c1ccc(Cc2nc(C3(N)CCCC3)no2)cc1. The summed E-state index contributed by atoms with van der Waals surface area (Å²) in [5, 5.41) is 4.05. The Bertz CT molecular complexity index is 640. The van der Waals surface area contributed by atoms with Crippen molar-refractivity contribution in [3.63, 3.8) is 0 Å². The van der Waals surface area contributed by atoms with E-state index in [1.807, 2.05) is 24.3 Å². The number of rotatable bonds is 4. The second-order valence-electron chi connectivity index (χ2n) is 5.80. The molecule has 0 unspecified atom stereocenters. The van der Waals surface area contributed by atoms with Gasteiger partial charge in [0.05, 0.1) is 12.0 Å². The minimum atomic E-state index is -0.416. The third-order valence-corrected chi connectivity index (χ3v) is 4.13. The zero-order valence-electron chi connectivity index (χ0n) is 12.1.